The Labute approximate surface area is 308 Å². The minimum absolute atomic E-state index is 0.0799. The highest BCUT2D eigenvalue weighted by molar-refractivity contribution is 6.34. The molecule has 12 heteroatoms. The lowest BCUT2D eigenvalue weighted by Crippen LogP contribution is -2.34. The first-order chi connectivity index (χ1) is 25.0. The molecule has 2 aromatic heterocycles. The number of hydrogen-bond donors (Lipinski definition) is 3. The van der Waals surface area contributed by atoms with Crippen LogP contribution in [0.2, 0.25) is 5.02 Å². The number of aliphatic carboxylic acids is 1. The van der Waals surface area contributed by atoms with Gasteiger partial charge in [0.15, 0.2) is 11.6 Å². The number of nitrogens with zero attached hydrogens (tertiary/aromatic N) is 5. The minimum Gasteiger partial charge on any atom is -0.481 e. The number of imidazole rings is 2. The van der Waals surface area contributed by atoms with E-state index in [2.05, 4.69) is 20.5 Å². The van der Waals surface area contributed by atoms with Crippen LogP contribution in [0.4, 0.5) is 5.69 Å². The number of carbonyl (C=O) groups is 3. The van der Waals surface area contributed by atoms with E-state index in [4.69, 9.17) is 16.6 Å². The standard InChI is InChI=1S/C40H46ClN7O4/c1-24-26(27-8-4-6-25(34(27)41)20-33(49)35-43-29-21-42-17-10-31(29)46(35)2)7-5-9-28(24)45-37(50)36-44-30-22-48(18-11-32(30)47(36)3)19-16-39-12-14-40(23-39,15-13-39)38(51)52/h4-9,42H,10-23H2,1-3H3,(H,45,50)(H,51,52). The summed E-state index contributed by atoms with van der Waals surface area (Å²) in [6, 6.07) is 11.5. The van der Waals surface area contributed by atoms with Crippen molar-refractivity contribution in [3.8, 4) is 11.1 Å². The Morgan fingerprint density at radius 1 is 0.942 bits per heavy atom. The average molecular weight is 724 g/mol. The zero-order valence-electron chi connectivity index (χ0n) is 30.1. The number of carbonyl (C=O) groups excluding carboxylic acids is 2. The largest absolute Gasteiger partial charge is 0.481 e. The molecule has 0 spiro atoms. The Balaban J connectivity index is 0.951. The maximum absolute atomic E-state index is 13.8. The van der Waals surface area contributed by atoms with Gasteiger partial charge in [-0.25, -0.2) is 9.97 Å². The third-order valence-corrected chi connectivity index (χ3v) is 13.1. The van der Waals surface area contributed by atoms with Gasteiger partial charge in [0.2, 0.25) is 5.78 Å². The van der Waals surface area contributed by atoms with E-state index in [-0.39, 0.29) is 23.5 Å². The molecule has 4 aliphatic rings. The van der Waals surface area contributed by atoms with E-state index in [1.165, 1.54) is 0 Å². The number of anilines is 1. The van der Waals surface area contributed by atoms with Gasteiger partial charge >= 0.3 is 5.97 Å². The van der Waals surface area contributed by atoms with Gasteiger partial charge < -0.3 is 24.9 Å². The van der Waals surface area contributed by atoms with E-state index in [9.17, 15) is 19.5 Å². The fourth-order valence-electron chi connectivity index (χ4n) is 9.45. The molecular weight excluding hydrogens is 678 g/mol. The smallest absolute Gasteiger partial charge is 0.309 e. The van der Waals surface area contributed by atoms with Crippen LogP contribution in [0.1, 0.15) is 93.7 Å². The summed E-state index contributed by atoms with van der Waals surface area (Å²) in [7, 11) is 3.81. The molecular formula is C40H46ClN7O4. The molecule has 2 aliphatic heterocycles. The SMILES string of the molecule is Cc1c(NC(=O)c2nc3c(n2C)CCN(CCC24CCC(C(=O)O)(CC2)C4)C3)cccc1-c1cccc(CC(=O)c2nc3c(n2C)CCNC3)c1Cl. The van der Waals surface area contributed by atoms with Gasteiger partial charge in [0.05, 0.1) is 21.8 Å². The number of amides is 1. The van der Waals surface area contributed by atoms with Crippen molar-refractivity contribution in [1.29, 1.82) is 0 Å². The van der Waals surface area contributed by atoms with Crippen molar-refractivity contribution in [2.45, 2.75) is 77.8 Å². The van der Waals surface area contributed by atoms with Gasteiger partial charge in [-0.3, -0.25) is 19.3 Å². The van der Waals surface area contributed by atoms with Crippen LogP contribution < -0.4 is 10.6 Å². The number of carboxylic acids is 1. The number of halogens is 1. The molecule has 2 aliphatic carbocycles. The number of Topliss-reactive ketones (excluding diaryl/α,β-unsaturated/α-hetero) is 1. The van der Waals surface area contributed by atoms with Gasteiger partial charge in [-0.2, -0.15) is 0 Å². The number of carboxylic acid groups (broad SMARTS) is 1. The zero-order chi connectivity index (χ0) is 36.4. The predicted octanol–water partition coefficient (Wildman–Crippen LogP) is 5.89. The summed E-state index contributed by atoms with van der Waals surface area (Å²) in [5, 5.41) is 16.7. The number of nitrogens with one attached hydrogen (secondary N) is 2. The zero-order valence-corrected chi connectivity index (χ0v) is 30.9. The van der Waals surface area contributed by atoms with E-state index >= 15 is 0 Å². The fraction of sp³-hybridized carbons (Fsp3) is 0.475. The molecule has 1 amide bonds. The van der Waals surface area contributed by atoms with Crippen LogP contribution in [0.15, 0.2) is 36.4 Å². The van der Waals surface area contributed by atoms with Gasteiger partial charge in [-0.05, 0) is 80.2 Å². The van der Waals surface area contributed by atoms with Crippen molar-refractivity contribution in [2.24, 2.45) is 24.9 Å². The molecule has 0 saturated heterocycles. The van der Waals surface area contributed by atoms with Gasteiger partial charge in [-0.1, -0.05) is 41.9 Å². The van der Waals surface area contributed by atoms with Crippen molar-refractivity contribution >= 4 is 34.9 Å². The second kappa shape index (κ2) is 13.3. The van der Waals surface area contributed by atoms with Crippen molar-refractivity contribution < 1.29 is 19.5 Å². The topological polar surface area (TPSA) is 134 Å². The lowest BCUT2D eigenvalue weighted by molar-refractivity contribution is -0.148. The van der Waals surface area contributed by atoms with Crippen LogP contribution in [0.5, 0.6) is 0 Å². The lowest BCUT2D eigenvalue weighted by atomic mass is 9.80. The van der Waals surface area contributed by atoms with E-state index in [0.29, 0.717) is 35.4 Å². The molecule has 8 rings (SSSR count). The van der Waals surface area contributed by atoms with E-state index in [0.717, 1.165) is 116 Å². The first-order valence-corrected chi connectivity index (χ1v) is 18.8. The quantitative estimate of drug-likeness (QED) is 0.173. The first-order valence-electron chi connectivity index (χ1n) is 18.4. The number of fused-ring (bicyclic) bond motifs is 4. The molecule has 272 valence electrons. The van der Waals surface area contributed by atoms with Crippen LogP contribution in [-0.4, -0.2) is 66.4 Å². The molecule has 2 fully saturated rings. The number of hydrogen-bond acceptors (Lipinski definition) is 7. The van der Waals surface area contributed by atoms with Gasteiger partial charge in [-0.15, -0.1) is 0 Å². The van der Waals surface area contributed by atoms with Gasteiger partial charge in [0, 0.05) is 82.2 Å². The summed E-state index contributed by atoms with van der Waals surface area (Å²) in [5.41, 5.74) is 7.62. The molecule has 2 bridgehead atoms. The first kappa shape index (κ1) is 34.7. The fourth-order valence-corrected chi connectivity index (χ4v) is 9.75. The summed E-state index contributed by atoms with van der Waals surface area (Å²) in [6.45, 7) is 5.99. The molecule has 4 aromatic rings. The average Bonchev–Trinajstić information content (AvgIpc) is 3.90. The third kappa shape index (κ3) is 5.96. The van der Waals surface area contributed by atoms with E-state index in [1.807, 2.05) is 66.6 Å². The Kier molecular flexibility index (Phi) is 8.87. The van der Waals surface area contributed by atoms with Crippen molar-refractivity contribution in [3.63, 3.8) is 0 Å². The molecule has 4 heterocycles. The van der Waals surface area contributed by atoms with Crippen LogP contribution in [0, 0.1) is 17.8 Å². The third-order valence-electron chi connectivity index (χ3n) is 12.6. The molecule has 0 radical (unpaired) electrons. The Morgan fingerprint density at radius 3 is 2.40 bits per heavy atom. The minimum atomic E-state index is -0.616. The molecule has 3 N–H and O–H groups in total. The van der Waals surface area contributed by atoms with Crippen LogP contribution in [-0.2, 0) is 51.2 Å². The number of rotatable bonds is 10. The second-order valence-corrected chi connectivity index (χ2v) is 15.9. The van der Waals surface area contributed by atoms with E-state index < -0.39 is 11.4 Å². The number of aromatic nitrogens is 4. The summed E-state index contributed by atoms with van der Waals surface area (Å²) in [5.74, 6) is -0.148. The maximum Gasteiger partial charge on any atom is 0.309 e. The highest BCUT2D eigenvalue weighted by atomic mass is 35.5. The molecule has 52 heavy (non-hydrogen) atoms. The predicted molar refractivity (Wildman–Crippen MR) is 199 cm³/mol. The highest BCUT2D eigenvalue weighted by Crippen LogP contribution is 2.63. The van der Waals surface area contributed by atoms with Crippen molar-refractivity contribution in [1.82, 2.24) is 29.3 Å². The monoisotopic (exact) mass is 723 g/mol. The molecule has 2 saturated carbocycles. The Hall–Kier alpha value is -4.32. The molecule has 0 atom stereocenters. The Bertz CT molecular complexity index is 2110. The van der Waals surface area contributed by atoms with Crippen LogP contribution in [0.3, 0.4) is 0 Å². The summed E-state index contributed by atoms with van der Waals surface area (Å²) in [6.07, 6.45) is 7.24. The van der Waals surface area contributed by atoms with Gasteiger partial charge in [0.1, 0.15) is 0 Å². The summed E-state index contributed by atoms with van der Waals surface area (Å²) in [4.78, 5) is 51.0. The molecule has 11 nitrogen and oxygen atoms in total. The Morgan fingerprint density at radius 2 is 1.65 bits per heavy atom. The lowest BCUT2D eigenvalue weighted by Gasteiger charge is -2.32. The second-order valence-electron chi connectivity index (χ2n) is 15.6. The summed E-state index contributed by atoms with van der Waals surface area (Å²) < 4.78 is 3.83. The highest BCUT2D eigenvalue weighted by Gasteiger charge is 2.57. The number of ketones is 1. The van der Waals surface area contributed by atoms with Crippen molar-refractivity contribution in [3.05, 3.63) is 87.0 Å². The maximum atomic E-state index is 13.8. The van der Waals surface area contributed by atoms with Crippen molar-refractivity contribution in [2.75, 3.05) is 25.0 Å². The molecule has 0 unspecified atom stereocenters. The van der Waals surface area contributed by atoms with Crippen LogP contribution in [0.25, 0.3) is 11.1 Å². The molecule has 2 aromatic carbocycles. The van der Waals surface area contributed by atoms with E-state index in [1.54, 1.807) is 0 Å². The van der Waals surface area contributed by atoms with Crippen LogP contribution >= 0.6 is 11.6 Å². The summed E-state index contributed by atoms with van der Waals surface area (Å²) >= 11 is 7.01. The normalized spacial score (nSPS) is 22.3. The van der Waals surface area contributed by atoms with Gasteiger partial charge in [0.25, 0.3) is 5.91 Å². The number of benzene rings is 2.